The molecule has 2 N–H and O–H groups in total. The Bertz CT molecular complexity index is 892. The van der Waals surface area contributed by atoms with Gasteiger partial charge in [-0.25, -0.2) is 0 Å². The fourth-order valence-electron chi connectivity index (χ4n) is 3.80. The van der Waals surface area contributed by atoms with Gasteiger partial charge in [-0.15, -0.1) is 11.3 Å². The van der Waals surface area contributed by atoms with Crippen LogP contribution < -0.4 is 10.6 Å². The van der Waals surface area contributed by atoms with Crippen LogP contribution in [-0.4, -0.2) is 62.0 Å². The van der Waals surface area contributed by atoms with Gasteiger partial charge in [0.2, 0.25) is 5.91 Å². The van der Waals surface area contributed by atoms with E-state index in [1.807, 2.05) is 47.5 Å². The van der Waals surface area contributed by atoms with E-state index in [1.54, 1.807) is 13.2 Å². The van der Waals surface area contributed by atoms with Crippen LogP contribution in [0.4, 0.5) is 0 Å². The first-order valence-corrected chi connectivity index (χ1v) is 11.3. The lowest BCUT2D eigenvalue weighted by Gasteiger charge is -2.35. The number of hydrogen-bond donors (Lipinski definition) is 2. The molecule has 3 rings (SSSR count). The number of ether oxygens (including phenoxy) is 1. The van der Waals surface area contributed by atoms with Crippen LogP contribution in [0.1, 0.15) is 38.4 Å². The molecule has 8 heteroatoms. The lowest BCUT2D eigenvalue weighted by Crippen LogP contribution is -2.54. The van der Waals surface area contributed by atoms with Crippen LogP contribution in [0.3, 0.4) is 0 Å². The third-order valence-electron chi connectivity index (χ3n) is 5.48. The summed E-state index contributed by atoms with van der Waals surface area (Å²) in [5.41, 5.74) is 1.73. The lowest BCUT2D eigenvalue weighted by molar-refractivity contribution is -0.124. The van der Waals surface area contributed by atoms with Crippen molar-refractivity contribution in [3.8, 4) is 0 Å². The average Bonchev–Trinajstić information content (AvgIpc) is 3.32. The highest BCUT2D eigenvalue weighted by Crippen LogP contribution is 2.23. The standard InChI is InChI=1S/C23H29N3O4S/c1-16-5-3-6-18(15-16)23(29)26-11-8-17(9-12-26)20(22(28)24-10-13-30-2)25-21(27)19-7-4-14-31-19/h3-7,14-15,17,20H,8-13H2,1-2H3,(H,24,28)(H,25,27). The van der Waals surface area contributed by atoms with Gasteiger partial charge < -0.3 is 20.3 Å². The Kier molecular flexibility index (Phi) is 8.20. The van der Waals surface area contributed by atoms with Crippen molar-refractivity contribution in [2.45, 2.75) is 25.8 Å². The van der Waals surface area contributed by atoms with Gasteiger partial charge in [-0.05, 0) is 49.3 Å². The predicted molar refractivity (Wildman–Crippen MR) is 120 cm³/mol. The average molecular weight is 444 g/mol. The van der Waals surface area contributed by atoms with Gasteiger partial charge >= 0.3 is 0 Å². The molecule has 0 aliphatic carbocycles. The minimum atomic E-state index is -0.650. The molecular formula is C23H29N3O4S. The number of piperidine rings is 1. The van der Waals surface area contributed by atoms with E-state index < -0.39 is 6.04 Å². The molecule has 1 aliphatic rings. The molecule has 166 valence electrons. The van der Waals surface area contributed by atoms with Gasteiger partial charge in [0.05, 0.1) is 11.5 Å². The molecule has 0 radical (unpaired) electrons. The number of benzene rings is 1. The van der Waals surface area contributed by atoms with Crippen molar-refractivity contribution in [1.82, 2.24) is 15.5 Å². The number of carbonyl (C=O) groups excluding carboxylic acids is 3. The fourth-order valence-corrected chi connectivity index (χ4v) is 4.43. The maximum atomic E-state index is 12.8. The van der Waals surface area contributed by atoms with E-state index in [0.717, 1.165) is 5.56 Å². The first kappa shape index (κ1) is 23.0. The van der Waals surface area contributed by atoms with Crippen molar-refractivity contribution in [3.63, 3.8) is 0 Å². The lowest BCUT2D eigenvalue weighted by atomic mass is 9.88. The maximum absolute atomic E-state index is 12.8. The second kappa shape index (κ2) is 11.1. The first-order valence-electron chi connectivity index (χ1n) is 10.5. The van der Waals surface area contributed by atoms with Gasteiger partial charge in [-0.2, -0.15) is 0 Å². The highest BCUT2D eigenvalue weighted by Gasteiger charge is 2.34. The summed E-state index contributed by atoms with van der Waals surface area (Å²) in [6.45, 7) is 3.85. The maximum Gasteiger partial charge on any atom is 0.262 e. The van der Waals surface area contributed by atoms with Crippen molar-refractivity contribution < 1.29 is 19.1 Å². The van der Waals surface area contributed by atoms with Gasteiger partial charge in [0.1, 0.15) is 6.04 Å². The van der Waals surface area contributed by atoms with Crippen LogP contribution >= 0.6 is 11.3 Å². The molecule has 1 aliphatic heterocycles. The SMILES string of the molecule is COCCNC(=O)C(NC(=O)c1cccs1)C1CCN(C(=O)c2cccc(C)c2)CC1. The summed E-state index contributed by atoms with van der Waals surface area (Å²) in [7, 11) is 1.57. The van der Waals surface area contributed by atoms with E-state index in [9.17, 15) is 14.4 Å². The van der Waals surface area contributed by atoms with Gasteiger partial charge in [-0.1, -0.05) is 23.8 Å². The summed E-state index contributed by atoms with van der Waals surface area (Å²) < 4.78 is 5.00. The number of carbonyl (C=O) groups is 3. The van der Waals surface area contributed by atoms with Crippen molar-refractivity contribution >= 4 is 29.1 Å². The summed E-state index contributed by atoms with van der Waals surface area (Å²) in [6.07, 6.45) is 1.29. The molecule has 1 unspecified atom stereocenters. The van der Waals surface area contributed by atoms with Crippen LogP contribution in [0.5, 0.6) is 0 Å². The van der Waals surface area contributed by atoms with Crippen LogP contribution in [0.2, 0.25) is 0 Å². The highest BCUT2D eigenvalue weighted by atomic mass is 32.1. The Labute approximate surface area is 186 Å². The molecule has 31 heavy (non-hydrogen) atoms. The van der Waals surface area contributed by atoms with E-state index in [0.29, 0.717) is 49.5 Å². The second-order valence-corrected chi connectivity index (χ2v) is 8.66. The molecule has 1 saturated heterocycles. The number of hydrogen-bond acceptors (Lipinski definition) is 5. The zero-order valence-corrected chi connectivity index (χ0v) is 18.7. The summed E-state index contributed by atoms with van der Waals surface area (Å²) in [4.78, 5) is 40.7. The number of nitrogens with one attached hydrogen (secondary N) is 2. The van der Waals surface area contributed by atoms with E-state index in [2.05, 4.69) is 10.6 Å². The van der Waals surface area contributed by atoms with E-state index in [1.165, 1.54) is 11.3 Å². The summed E-state index contributed by atoms with van der Waals surface area (Å²) in [5, 5.41) is 7.59. The predicted octanol–water partition coefficient (Wildman–Crippen LogP) is 2.47. The minimum Gasteiger partial charge on any atom is -0.383 e. The zero-order valence-electron chi connectivity index (χ0n) is 17.9. The Morgan fingerprint density at radius 2 is 1.97 bits per heavy atom. The van der Waals surface area contributed by atoms with Crippen molar-refractivity contribution in [3.05, 3.63) is 57.8 Å². The van der Waals surface area contributed by atoms with E-state index >= 15 is 0 Å². The Balaban J connectivity index is 1.64. The fraction of sp³-hybridized carbons (Fsp3) is 0.435. The largest absolute Gasteiger partial charge is 0.383 e. The number of thiophene rings is 1. The first-order chi connectivity index (χ1) is 15.0. The zero-order chi connectivity index (χ0) is 22.2. The van der Waals surface area contributed by atoms with Crippen LogP contribution in [0.15, 0.2) is 41.8 Å². The van der Waals surface area contributed by atoms with E-state index in [4.69, 9.17) is 4.74 Å². The molecule has 1 aromatic heterocycles. The highest BCUT2D eigenvalue weighted by molar-refractivity contribution is 7.12. The summed E-state index contributed by atoms with van der Waals surface area (Å²) in [5.74, 6) is -0.510. The van der Waals surface area contributed by atoms with Crippen molar-refractivity contribution in [1.29, 1.82) is 0 Å². The van der Waals surface area contributed by atoms with E-state index in [-0.39, 0.29) is 23.6 Å². The number of methoxy groups -OCH3 is 1. The number of aryl methyl sites for hydroxylation is 1. The van der Waals surface area contributed by atoms with Crippen molar-refractivity contribution in [2.24, 2.45) is 5.92 Å². The van der Waals surface area contributed by atoms with Crippen LogP contribution in [-0.2, 0) is 9.53 Å². The molecule has 3 amide bonds. The number of likely N-dealkylation sites (tertiary alicyclic amines) is 1. The van der Waals surface area contributed by atoms with Crippen LogP contribution in [0.25, 0.3) is 0 Å². The quantitative estimate of drug-likeness (QED) is 0.614. The Morgan fingerprint density at radius 3 is 2.61 bits per heavy atom. The topological polar surface area (TPSA) is 87.7 Å². The number of nitrogens with zero attached hydrogens (tertiary/aromatic N) is 1. The van der Waals surface area contributed by atoms with Crippen molar-refractivity contribution in [2.75, 3.05) is 33.4 Å². The molecule has 2 aromatic rings. The molecule has 0 bridgehead atoms. The molecule has 2 heterocycles. The minimum absolute atomic E-state index is 0.00543. The monoisotopic (exact) mass is 443 g/mol. The van der Waals surface area contributed by atoms with Gasteiger partial charge in [0, 0.05) is 32.3 Å². The molecule has 1 atom stereocenters. The third kappa shape index (κ3) is 6.15. The second-order valence-electron chi connectivity index (χ2n) is 7.71. The molecule has 0 spiro atoms. The van der Waals surface area contributed by atoms with Gasteiger partial charge in [0.15, 0.2) is 0 Å². The molecule has 1 fully saturated rings. The normalized spacial score (nSPS) is 15.4. The molecular weight excluding hydrogens is 414 g/mol. The Hall–Kier alpha value is -2.71. The number of amides is 3. The van der Waals surface area contributed by atoms with Crippen LogP contribution in [0, 0.1) is 12.8 Å². The van der Waals surface area contributed by atoms with Gasteiger partial charge in [0.25, 0.3) is 11.8 Å². The Morgan fingerprint density at radius 1 is 1.19 bits per heavy atom. The summed E-state index contributed by atoms with van der Waals surface area (Å²) >= 11 is 1.34. The summed E-state index contributed by atoms with van der Waals surface area (Å²) in [6, 6.07) is 10.5. The van der Waals surface area contributed by atoms with Gasteiger partial charge in [-0.3, -0.25) is 14.4 Å². The third-order valence-corrected chi connectivity index (χ3v) is 6.35. The molecule has 7 nitrogen and oxygen atoms in total. The molecule has 0 saturated carbocycles. The molecule has 1 aromatic carbocycles. The number of rotatable bonds is 8. The smallest absolute Gasteiger partial charge is 0.262 e.